The molecule has 1 rings (SSSR count). The molecule has 14 heavy (non-hydrogen) atoms. The van der Waals surface area contributed by atoms with E-state index in [4.69, 9.17) is 22.1 Å². The Morgan fingerprint density at radius 3 is 3.00 bits per heavy atom. The van der Waals surface area contributed by atoms with Gasteiger partial charge in [-0.15, -0.1) is 0 Å². The fourth-order valence-corrected chi connectivity index (χ4v) is 1.66. The molecule has 1 atom stereocenters. The van der Waals surface area contributed by atoms with Crippen molar-refractivity contribution in [2.45, 2.75) is 20.1 Å². The van der Waals surface area contributed by atoms with Crippen molar-refractivity contribution in [3.8, 4) is 0 Å². The number of aliphatic hydroxyl groups excluding tert-OH is 1. The molecular formula is C9H16N2O2S. The van der Waals surface area contributed by atoms with Crippen molar-refractivity contribution < 1.29 is 9.84 Å². The van der Waals surface area contributed by atoms with Gasteiger partial charge < -0.3 is 19.4 Å². The summed E-state index contributed by atoms with van der Waals surface area (Å²) in [7, 11) is 1.68. The quantitative estimate of drug-likeness (QED) is 0.730. The van der Waals surface area contributed by atoms with E-state index in [1.54, 1.807) is 13.3 Å². The van der Waals surface area contributed by atoms with Gasteiger partial charge in [-0.2, -0.15) is 0 Å². The van der Waals surface area contributed by atoms with Gasteiger partial charge in [0.25, 0.3) is 0 Å². The Hall–Kier alpha value is -0.650. The maximum atomic E-state index is 9.06. The molecule has 0 bridgehead atoms. The van der Waals surface area contributed by atoms with E-state index in [1.807, 2.05) is 4.57 Å². The number of aromatic nitrogens is 2. The number of methoxy groups -OCH3 is 1. The van der Waals surface area contributed by atoms with Crippen LogP contribution >= 0.6 is 12.2 Å². The summed E-state index contributed by atoms with van der Waals surface area (Å²) in [4.78, 5) is 2.91. The normalized spacial score (nSPS) is 13.1. The van der Waals surface area contributed by atoms with Gasteiger partial charge in [0.05, 0.1) is 18.9 Å². The van der Waals surface area contributed by atoms with Crippen LogP contribution in [0.5, 0.6) is 0 Å². The molecule has 0 radical (unpaired) electrons. The Morgan fingerprint density at radius 1 is 1.71 bits per heavy atom. The van der Waals surface area contributed by atoms with Gasteiger partial charge in [-0.25, -0.2) is 0 Å². The molecule has 2 N–H and O–H groups in total. The summed E-state index contributed by atoms with van der Waals surface area (Å²) in [6, 6.07) is 0. The maximum Gasteiger partial charge on any atom is 0.177 e. The van der Waals surface area contributed by atoms with Gasteiger partial charge in [-0.3, -0.25) is 0 Å². The van der Waals surface area contributed by atoms with Crippen LogP contribution in [0.4, 0.5) is 0 Å². The number of nitrogens with zero attached hydrogens (tertiary/aromatic N) is 1. The van der Waals surface area contributed by atoms with Crippen LogP contribution in [0.3, 0.4) is 0 Å². The van der Waals surface area contributed by atoms with Gasteiger partial charge in [0, 0.05) is 19.9 Å². The van der Waals surface area contributed by atoms with Crippen LogP contribution in [0.25, 0.3) is 0 Å². The van der Waals surface area contributed by atoms with Gasteiger partial charge >= 0.3 is 0 Å². The van der Waals surface area contributed by atoms with Crippen molar-refractivity contribution in [1.82, 2.24) is 9.55 Å². The van der Waals surface area contributed by atoms with Gasteiger partial charge in [-0.1, -0.05) is 6.92 Å². The first kappa shape index (κ1) is 11.4. The lowest BCUT2D eigenvalue weighted by Gasteiger charge is -2.12. The smallest absolute Gasteiger partial charge is 0.177 e. The van der Waals surface area contributed by atoms with Crippen molar-refractivity contribution in [1.29, 1.82) is 0 Å². The highest BCUT2D eigenvalue weighted by Gasteiger charge is 2.07. The van der Waals surface area contributed by atoms with E-state index in [0.717, 1.165) is 12.2 Å². The second-order valence-electron chi connectivity index (χ2n) is 3.41. The number of imidazole rings is 1. The summed E-state index contributed by atoms with van der Waals surface area (Å²) in [6.07, 6.45) is 1.74. The molecule has 0 saturated heterocycles. The average molecular weight is 216 g/mol. The number of ether oxygens (including phenoxy) is 1. The fraction of sp³-hybridized carbons (Fsp3) is 0.667. The molecule has 1 heterocycles. The first-order valence-corrected chi connectivity index (χ1v) is 4.96. The fourth-order valence-electron chi connectivity index (χ4n) is 1.41. The molecule has 0 aromatic carbocycles. The lowest BCUT2D eigenvalue weighted by atomic mass is 10.2. The van der Waals surface area contributed by atoms with Crippen LogP contribution in [-0.4, -0.2) is 28.4 Å². The minimum absolute atomic E-state index is 0.00679. The first-order valence-electron chi connectivity index (χ1n) is 4.56. The van der Waals surface area contributed by atoms with E-state index < -0.39 is 0 Å². The minimum Gasteiger partial charge on any atom is -0.390 e. The van der Waals surface area contributed by atoms with E-state index in [1.165, 1.54) is 0 Å². The number of nitrogens with one attached hydrogen (secondary N) is 1. The van der Waals surface area contributed by atoms with Crippen LogP contribution in [0.2, 0.25) is 0 Å². The number of aromatic amines is 1. The molecular weight excluding hydrogens is 200 g/mol. The second kappa shape index (κ2) is 5.29. The zero-order valence-corrected chi connectivity index (χ0v) is 9.30. The van der Waals surface area contributed by atoms with E-state index in [-0.39, 0.29) is 6.61 Å². The number of aliphatic hydroxyl groups is 1. The Bertz CT molecular complexity index is 332. The molecule has 4 nitrogen and oxygen atoms in total. The highest BCUT2D eigenvalue weighted by Crippen LogP contribution is 2.07. The first-order chi connectivity index (χ1) is 6.69. The van der Waals surface area contributed by atoms with Gasteiger partial charge in [0.2, 0.25) is 0 Å². The summed E-state index contributed by atoms with van der Waals surface area (Å²) >= 11 is 5.10. The van der Waals surface area contributed by atoms with Gasteiger partial charge in [0.1, 0.15) is 0 Å². The molecule has 80 valence electrons. The average Bonchev–Trinajstić information content (AvgIpc) is 2.48. The third-order valence-electron chi connectivity index (χ3n) is 2.06. The molecule has 0 spiro atoms. The monoisotopic (exact) mass is 216 g/mol. The van der Waals surface area contributed by atoms with Crippen molar-refractivity contribution in [3.05, 3.63) is 16.7 Å². The summed E-state index contributed by atoms with van der Waals surface area (Å²) in [5.41, 5.74) is 0.818. The van der Waals surface area contributed by atoms with E-state index in [9.17, 15) is 0 Å². The predicted molar refractivity (Wildman–Crippen MR) is 56.6 cm³/mol. The summed E-state index contributed by atoms with van der Waals surface area (Å²) < 4.78 is 7.60. The van der Waals surface area contributed by atoms with Crippen LogP contribution in [0.15, 0.2) is 6.20 Å². The molecule has 0 aliphatic rings. The molecule has 5 heteroatoms. The summed E-state index contributed by atoms with van der Waals surface area (Å²) in [5, 5.41) is 9.06. The number of H-pyrrole nitrogens is 1. The predicted octanol–water partition coefficient (Wildman–Crippen LogP) is 1.32. The molecule has 0 saturated carbocycles. The maximum absolute atomic E-state index is 9.06. The molecule has 1 unspecified atom stereocenters. The standard InChI is InChI=1S/C9H16N2O2S/c1-7(6-13-2)4-11-8(5-12)3-10-9(11)14/h3,7,12H,4-6H2,1-2H3,(H,10,14). The Morgan fingerprint density at radius 2 is 2.43 bits per heavy atom. The van der Waals surface area contributed by atoms with Crippen LogP contribution in [0, 0.1) is 10.7 Å². The van der Waals surface area contributed by atoms with Crippen molar-refractivity contribution in [2.75, 3.05) is 13.7 Å². The lowest BCUT2D eigenvalue weighted by Crippen LogP contribution is -2.14. The van der Waals surface area contributed by atoms with E-state index >= 15 is 0 Å². The highest BCUT2D eigenvalue weighted by atomic mass is 32.1. The molecule has 1 aromatic rings. The Labute approximate surface area is 88.5 Å². The number of rotatable bonds is 5. The summed E-state index contributed by atoms with van der Waals surface area (Å²) in [6.45, 7) is 3.55. The number of hydrogen-bond acceptors (Lipinski definition) is 3. The van der Waals surface area contributed by atoms with Gasteiger partial charge in [-0.05, 0) is 18.1 Å². The van der Waals surface area contributed by atoms with Crippen LogP contribution in [0.1, 0.15) is 12.6 Å². The molecule has 0 aliphatic carbocycles. The van der Waals surface area contributed by atoms with Crippen LogP contribution in [-0.2, 0) is 17.9 Å². The minimum atomic E-state index is 0.00679. The van der Waals surface area contributed by atoms with Crippen molar-refractivity contribution >= 4 is 12.2 Å². The van der Waals surface area contributed by atoms with Gasteiger partial charge in [0.15, 0.2) is 4.77 Å². The molecule has 0 fully saturated rings. The Kier molecular flexibility index (Phi) is 4.31. The van der Waals surface area contributed by atoms with Crippen LogP contribution < -0.4 is 0 Å². The van der Waals surface area contributed by atoms with Crippen molar-refractivity contribution in [3.63, 3.8) is 0 Å². The molecule has 0 amide bonds. The number of hydrogen-bond donors (Lipinski definition) is 2. The SMILES string of the molecule is COCC(C)Cn1c(CO)c[nH]c1=S. The molecule has 0 aliphatic heterocycles. The third kappa shape index (κ3) is 2.67. The largest absolute Gasteiger partial charge is 0.390 e. The highest BCUT2D eigenvalue weighted by molar-refractivity contribution is 7.71. The third-order valence-corrected chi connectivity index (χ3v) is 2.40. The van der Waals surface area contributed by atoms with Crippen molar-refractivity contribution in [2.24, 2.45) is 5.92 Å². The van der Waals surface area contributed by atoms with E-state index in [0.29, 0.717) is 17.3 Å². The zero-order chi connectivity index (χ0) is 10.6. The zero-order valence-electron chi connectivity index (χ0n) is 8.49. The van der Waals surface area contributed by atoms with E-state index in [2.05, 4.69) is 11.9 Å². The second-order valence-corrected chi connectivity index (χ2v) is 3.80. The topological polar surface area (TPSA) is 50.2 Å². The Balaban J connectivity index is 2.74. The molecule has 1 aromatic heterocycles. The lowest BCUT2D eigenvalue weighted by molar-refractivity contribution is 0.149. The summed E-state index contributed by atoms with van der Waals surface area (Å²) in [5.74, 6) is 0.382.